The first-order valence-electron chi connectivity index (χ1n) is 5.53. The molecular formula is C12H12BrNO4. The Labute approximate surface area is 112 Å². The molecule has 0 aliphatic carbocycles. The standard InChI is InChI=1S/C12H12BrNO4/c13-8-4-3-7(12(16)17)6-9(8)14-11(15)10-2-1-5-18-10/h3-4,6,10H,1-2,5H2,(H,14,15)(H,16,17). The van der Waals surface area contributed by atoms with Crippen molar-refractivity contribution in [1.82, 2.24) is 0 Å². The predicted molar refractivity (Wildman–Crippen MR) is 68.7 cm³/mol. The van der Waals surface area contributed by atoms with Gasteiger partial charge in [-0.3, -0.25) is 4.79 Å². The Hall–Kier alpha value is -1.40. The highest BCUT2D eigenvalue weighted by atomic mass is 79.9. The highest BCUT2D eigenvalue weighted by Gasteiger charge is 2.24. The fourth-order valence-corrected chi connectivity index (χ4v) is 2.10. The van der Waals surface area contributed by atoms with Crippen molar-refractivity contribution in [3.63, 3.8) is 0 Å². The first kappa shape index (κ1) is 13.0. The fourth-order valence-electron chi connectivity index (χ4n) is 1.75. The second-order valence-corrected chi connectivity index (χ2v) is 4.85. The molecule has 1 aromatic rings. The van der Waals surface area contributed by atoms with Gasteiger partial charge in [0.25, 0.3) is 5.91 Å². The Bertz CT molecular complexity index is 483. The van der Waals surface area contributed by atoms with Crippen LogP contribution in [-0.2, 0) is 9.53 Å². The molecule has 1 aromatic carbocycles. The smallest absolute Gasteiger partial charge is 0.335 e. The van der Waals surface area contributed by atoms with E-state index in [1.54, 1.807) is 6.07 Å². The monoisotopic (exact) mass is 313 g/mol. The third-order valence-electron chi connectivity index (χ3n) is 2.69. The number of amides is 1. The zero-order valence-electron chi connectivity index (χ0n) is 9.48. The highest BCUT2D eigenvalue weighted by molar-refractivity contribution is 9.10. The van der Waals surface area contributed by atoms with E-state index < -0.39 is 12.1 Å². The second-order valence-electron chi connectivity index (χ2n) is 3.99. The predicted octanol–water partition coefficient (Wildman–Crippen LogP) is 2.26. The largest absolute Gasteiger partial charge is 0.478 e. The summed E-state index contributed by atoms with van der Waals surface area (Å²) < 4.78 is 5.90. The van der Waals surface area contributed by atoms with Crippen molar-refractivity contribution >= 4 is 33.5 Å². The minimum atomic E-state index is -1.03. The molecule has 0 spiro atoms. The zero-order chi connectivity index (χ0) is 13.1. The number of carboxylic acid groups (broad SMARTS) is 1. The molecule has 6 heteroatoms. The van der Waals surface area contributed by atoms with Crippen LogP contribution in [0.25, 0.3) is 0 Å². The average Bonchev–Trinajstić information content (AvgIpc) is 2.85. The number of halogens is 1. The molecule has 1 fully saturated rings. The van der Waals surface area contributed by atoms with Crippen molar-refractivity contribution in [3.05, 3.63) is 28.2 Å². The lowest BCUT2D eigenvalue weighted by atomic mass is 10.2. The molecule has 1 aliphatic rings. The molecule has 0 radical (unpaired) electrons. The third-order valence-corrected chi connectivity index (χ3v) is 3.38. The molecule has 1 atom stereocenters. The number of aromatic carboxylic acids is 1. The molecule has 96 valence electrons. The number of benzene rings is 1. The molecule has 2 rings (SSSR count). The van der Waals surface area contributed by atoms with Gasteiger partial charge < -0.3 is 15.2 Å². The normalized spacial score (nSPS) is 18.6. The van der Waals surface area contributed by atoms with Crippen molar-refractivity contribution in [2.45, 2.75) is 18.9 Å². The molecule has 1 unspecified atom stereocenters. The van der Waals surface area contributed by atoms with E-state index in [4.69, 9.17) is 9.84 Å². The van der Waals surface area contributed by atoms with E-state index in [1.807, 2.05) is 0 Å². The lowest BCUT2D eigenvalue weighted by Crippen LogP contribution is -2.27. The summed E-state index contributed by atoms with van der Waals surface area (Å²) in [4.78, 5) is 22.7. The van der Waals surface area contributed by atoms with Crippen LogP contribution in [0.4, 0.5) is 5.69 Å². The Morgan fingerprint density at radius 1 is 1.44 bits per heavy atom. The van der Waals surface area contributed by atoms with Gasteiger partial charge in [0.05, 0.1) is 11.3 Å². The van der Waals surface area contributed by atoms with Crippen molar-refractivity contribution in [3.8, 4) is 0 Å². The van der Waals surface area contributed by atoms with Crippen LogP contribution < -0.4 is 5.32 Å². The number of hydrogen-bond acceptors (Lipinski definition) is 3. The summed E-state index contributed by atoms with van der Waals surface area (Å²) >= 11 is 3.27. The van der Waals surface area contributed by atoms with Crippen LogP contribution in [0.15, 0.2) is 22.7 Å². The maximum absolute atomic E-state index is 11.8. The van der Waals surface area contributed by atoms with E-state index in [-0.39, 0.29) is 11.5 Å². The Morgan fingerprint density at radius 3 is 2.83 bits per heavy atom. The quantitative estimate of drug-likeness (QED) is 0.897. The minimum Gasteiger partial charge on any atom is -0.478 e. The van der Waals surface area contributed by atoms with Crippen LogP contribution in [0.3, 0.4) is 0 Å². The molecule has 5 nitrogen and oxygen atoms in total. The number of rotatable bonds is 3. The first-order valence-corrected chi connectivity index (χ1v) is 6.32. The first-order chi connectivity index (χ1) is 8.58. The van der Waals surface area contributed by atoms with Gasteiger partial charge in [-0.1, -0.05) is 0 Å². The van der Waals surface area contributed by atoms with Gasteiger partial charge in [-0.05, 0) is 47.0 Å². The molecule has 1 aliphatic heterocycles. The summed E-state index contributed by atoms with van der Waals surface area (Å²) in [5.41, 5.74) is 0.566. The van der Waals surface area contributed by atoms with Crippen molar-refractivity contribution < 1.29 is 19.4 Å². The average molecular weight is 314 g/mol. The highest BCUT2D eigenvalue weighted by Crippen LogP contribution is 2.25. The second kappa shape index (κ2) is 5.49. The number of carbonyl (C=O) groups is 2. The molecule has 0 aromatic heterocycles. The maximum atomic E-state index is 11.8. The van der Waals surface area contributed by atoms with Crippen LogP contribution >= 0.6 is 15.9 Å². The molecule has 1 saturated heterocycles. The van der Waals surface area contributed by atoms with Gasteiger partial charge in [0.15, 0.2) is 0 Å². The number of hydrogen-bond donors (Lipinski definition) is 2. The number of nitrogens with one attached hydrogen (secondary N) is 1. The molecule has 18 heavy (non-hydrogen) atoms. The van der Waals surface area contributed by atoms with E-state index in [1.165, 1.54) is 12.1 Å². The van der Waals surface area contributed by atoms with Crippen LogP contribution in [0, 0.1) is 0 Å². The van der Waals surface area contributed by atoms with Gasteiger partial charge in [0.1, 0.15) is 6.10 Å². The Kier molecular flexibility index (Phi) is 3.98. The van der Waals surface area contributed by atoms with Crippen LogP contribution in [0.5, 0.6) is 0 Å². The van der Waals surface area contributed by atoms with E-state index in [2.05, 4.69) is 21.2 Å². The summed E-state index contributed by atoms with van der Waals surface area (Å²) in [7, 11) is 0. The van der Waals surface area contributed by atoms with E-state index >= 15 is 0 Å². The van der Waals surface area contributed by atoms with Crippen LogP contribution in [0.2, 0.25) is 0 Å². The van der Waals surface area contributed by atoms with Gasteiger partial charge in [-0.2, -0.15) is 0 Å². The van der Waals surface area contributed by atoms with Gasteiger partial charge in [-0.25, -0.2) is 4.79 Å². The number of ether oxygens (including phenoxy) is 1. The summed E-state index contributed by atoms with van der Waals surface area (Å²) in [5, 5.41) is 11.6. The summed E-state index contributed by atoms with van der Waals surface area (Å²) in [6, 6.07) is 4.47. The maximum Gasteiger partial charge on any atom is 0.335 e. The van der Waals surface area contributed by atoms with Gasteiger partial charge in [0.2, 0.25) is 0 Å². The molecule has 1 amide bonds. The number of carboxylic acids is 1. The third kappa shape index (κ3) is 2.88. The summed E-state index contributed by atoms with van der Waals surface area (Å²) in [6.45, 7) is 0.592. The lowest BCUT2D eigenvalue weighted by Gasteiger charge is -2.12. The Morgan fingerprint density at radius 2 is 2.22 bits per heavy atom. The molecule has 2 N–H and O–H groups in total. The van der Waals surface area contributed by atoms with Gasteiger partial charge in [-0.15, -0.1) is 0 Å². The number of anilines is 1. The van der Waals surface area contributed by atoms with Crippen molar-refractivity contribution in [2.75, 3.05) is 11.9 Å². The lowest BCUT2D eigenvalue weighted by molar-refractivity contribution is -0.124. The minimum absolute atomic E-state index is 0.126. The molecular weight excluding hydrogens is 302 g/mol. The van der Waals surface area contributed by atoms with Crippen molar-refractivity contribution in [2.24, 2.45) is 0 Å². The van der Waals surface area contributed by atoms with E-state index in [9.17, 15) is 9.59 Å². The van der Waals surface area contributed by atoms with E-state index in [0.717, 1.165) is 6.42 Å². The zero-order valence-corrected chi connectivity index (χ0v) is 11.1. The van der Waals surface area contributed by atoms with Crippen LogP contribution in [0.1, 0.15) is 23.2 Å². The number of carbonyl (C=O) groups excluding carboxylic acids is 1. The fraction of sp³-hybridized carbons (Fsp3) is 0.333. The Balaban J connectivity index is 2.14. The van der Waals surface area contributed by atoms with Crippen molar-refractivity contribution in [1.29, 1.82) is 0 Å². The summed E-state index contributed by atoms with van der Waals surface area (Å²) in [5.74, 6) is -1.27. The summed E-state index contributed by atoms with van der Waals surface area (Å²) in [6.07, 6.45) is 1.13. The molecule has 0 saturated carbocycles. The molecule has 0 bridgehead atoms. The molecule has 1 heterocycles. The van der Waals surface area contributed by atoms with Gasteiger partial charge in [0, 0.05) is 11.1 Å². The van der Waals surface area contributed by atoms with E-state index in [0.29, 0.717) is 23.2 Å². The van der Waals surface area contributed by atoms with Gasteiger partial charge >= 0.3 is 5.97 Å². The SMILES string of the molecule is O=C(O)c1ccc(Br)c(NC(=O)C2CCCO2)c1. The van der Waals surface area contributed by atoms with Crippen LogP contribution in [-0.4, -0.2) is 29.7 Å². The topological polar surface area (TPSA) is 75.6 Å².